The summed E-state index contributed by atoms with van der Waals surface area (Å²) >= 11 is 6.61. The smallest absolute Gasteiger partial charge is 0.320 e. The van der Waals surface area contributed by atoms with Gasteiger partial charge in [-0.05, 0) is 37.6 Å². The van der Waals surface area contributed by atoms with Crippen LogP contribution in [0.15, 0.2) is 55.1 Å². The number of hydrogen-bond acceptors (Lipinski definition) is 9. The van der Waals surface area contributed by atoms with Crippen molar-refractivity contribution < 1.29 is 18.3 Å². The highest BCUT2D eigenvalue weighted by atomic mass is 35.5. The van der Waals surface area contributed by atoms with Gasteiger partial charge in [0.15, 0.2) is 11.5 Å². The number of ether oxygens (including phenoxy) is 1. The number of aromatic nitrogens is 4. The van der Waals surface area contributed by atoms with E-state index in [9.17, 15) is 18.8 Å². The molecule has 0 aliphatic carbocycles. The van der Waals surface area contributed by atoms with Crippen LogP contribution in [0.4, 0.5) is 14.6 Å². The van der Waals surface area contributed by atoms with Crippen LogP contribution in [0, 0.1) is 11.3 Å². The zero-order valence-corrected chi connectivity index (χ0v) is 25.8. The molecule has 3 aromatic heterocycles. The van der Waals surface area contributed by atoms with Crippen LogP contribution in [0.2, 0.25) is 5.02 Å². The first-order chi connectivity index (χ1) is 22.3. The lowest BCUT2D eigenvalue weighted by Crippen LogP contribution is -2.55. The number of amides is 1. The number of fused-ring (bicyclic) bond motifs is 3. The fourth-order valence-electron chi connectivity index (χ4n) is 7.21. The van der Waals surface area contributed by atoms with E-state index in [1.54, 1.807) is 12.4 Å². The first-order valence-corrected chi connectivity index (χ1v) is 15.6. The van der Waals surface area contributed by atoms with E-state index < -0.39 is 29.5 Å². The van der Waals surface area contributed by atoms with Gasteiger partial charge in [0.25, 0.3) is 5.91 Å². The lowest BCUT2D eigenvalue weighted by molar-refractivity contribution is -0.131. The molecule has 0 N–H and O–H groups in total. The van der Waals surface area contributed by atoms with Crippen molar-refractivity contribution in [1.82, 2.24) is 29.7 Å². The Morgan fingerprint density at radius 1 is 1.15 bits per heavy atom. The Kier molecular flexibility index (Phi) is 7.90. The predicted octanol–water partition coefficient (Wildman–Crippen LogP) is 5.26. The minimum absolute atomic E-state index is 0.00187. The molecule has 7 rings (SSSR count). The highest BCUT2D eigenvalue weighted by Gasteiger charge is 2.49. The number of benzene rings is 1. The summed E-state index contributed by atoms with van der Waals surface area (Å²) in [7, 11) is 0. The van der Waals surface area contributed by atoms with Crippen LogP contribution in [0.5, 0.6) is 6.01 Å². The molecular formula is C33H31ClF2N8O2. The van der Waals surface area contributed by atoms with Crippen molar-refractivity contribution in [2.45, 2.75) is 43.4 Å². The van der Waals surface area contributed by atoms with E-state index in [2.05, 4.69) is 22.5 Å². The molecule has 236 valence electrons. The molecule has 3 atom stereocenters. The molecule has 13 heteroatoms. The van der Waals surface area contributed by atoms with Crippen LogP contribution >= 0.6 is 11.6 Å². The van der Waals surface area contributed by atoms with Crippen LogP contribution < -0.4 is 9.64 Å². The second-order valence-electron chi connectivity index (χ2n) is 12.2. The highest BCUT2D eigenvalue weighted by Crippen LogP contribution is 2.41. The number of anilines is 1. The number of piperazine rings is 1. The molecule has 1 amide bonds. The maximum atomic E-state index is 14.5. The monoisotopic (exact) mass is 644 g/mol. The SMILES string of the molecule is C=C(F)C(=O)N1CCN(c2nc(OC[C@@]34CCCN3C[C@H](F)C4)nc3nc(-c4cncc5cccc(Cl)c45)ccc23)C[C@@H]1CC#N. The Bertz CT molecular complexity index is 1900. The van der Waals surface area contributed by atoms with Gasteiger partial charge < -0.3 is 14.5 Å². The molecule has 4 aromatic rings. The Labute approximate surface area is 269 Å². The third-order valence-electron chi connectivity index (χ3n) is 9.36. The third-order valence-corrected chi connectivity index (χ3v) is 9.68. The number of pyridine rings is 2. The van der Waals surface area contributed by atoms with Crippen molar-refractivity contribution in [1.29, 1.82) is 5.26 Å². The molecule has 6 heterocycles. The van der Waals surface area contributed by atoms with Gasteiger partial charge in [-0.25, -0.2) is 13.8 Å². The van der Waals surface area contributed by atoms with Gasteiger partial charge in [-0.3, -0.25) is 14.7 Å². The molecule has 1 aromatic carbocycles. The van der Waals surface area contributed by atoms with E-state index in [1.807, 2.05) is 35.2 Å². The van der Waals surface area contributed by atoms with E-state index in [1.165, 1.54) is 4.90 Å². The van der Waals surface area contributed by atoms with E-state index in [-0.39, 0.29) is 32.1 Å². The number of nitrogens with zero attached hydrogens (tertiary/aromatic N) is 8. The first-order valence-electron chi connectivity index (χ1n) is 15.3. The summed E-state index contributed by atoms with van der Waals surface area (Å²) in [5, 5.41) is 12.4. The maximum Gasteiger partial charge on any atom is 0.320 e. The predicted molar refractivity (Wildman–Crippen MR) is 170 cm³/mol. The van der Waals surface area contributed by atoms with Crippen molar-refractivity contribution >= 4 is 45.1 Å². The van der Waals surface area contributed by atoms with Crippen LogP contribution in [-0.2, 0) is 4.79 Å². The van der Waals surface area contributed by atoms with Gasteiger partial charge in [0.2, 0.25) is 0 Å². The number of carbonyl (C=O) groups is 1. The molecule has 3 fully saturated rings. The lowest BCUT2D eigenvalue weighted by atomic mass is 9.95. The summed E-state index contributed by atoms with van der Waals surface area (Å²) in [4.78, 5) is 36.8. The average molecular weight is 645 g/mol. The molecule has 0 unspecified atom stereocenters. The number of nitriles is 1. The van der Waals surface area contributed by atoms with Crippen LogP contribution in [0.25, 0.3) is 33.1 Å². The largest absolute Gasteiger partial charge is 0.461 e. The van der Waals surface area contributed by atoms with Gasteiger partial charge in [0.05, 0.1) is 35.2 Å². The molecule has 10 nitrogen and oxygen atoms in total. The van der Waals surface area contributed by atoms with Crippen molar-refractivity contribution in [2.75, 3.05) is 44.2 Å². The van der Waals surface area contributed by atoms with Crippen LogP contribution in [0.3, 0.4) is 0 Å². The Morgan fingerprint density at radius 3 is 2.85 bits per heavy atom. The van der Waals surface area contributed by atoms with E-state index in [4.69, 9.17) is 31.3 Å². The summed E-state index contributed by atoms with van der Waals surface area (Å²) in [5.41, 5.74) is 1.30. The average Bonchev–Trinajstić information content (AvgIpc) is 3.58. The Balaban J connectivity index is 1.29. The first kappa shape index (κ1) is 30.2. The second kappa shape index (κ2) is 12.0. The van der Waals surface area contributed by atoms with E-state index >= 15 is 0 Å². The number of rotatable bonds is 7. The summed E-state index contributed by atoms with van der Waals surface area (Å²) < 4.78 is 34.6. The molecule has 46 heavy (non-hydrogen) atoms. The lowest BCUT2D eigenvalue weighted by Gasteiger charge is -2.41. The van der Waals surface area contributed by atoms with Crippen molar-refractivity contribution in [2.24, 2.45) is 0 Å². The summed E-state index contributed by atoms with van der Waals surface area (Å²) in [6, 6.07) is 11.0. The quantitative estimate of drug-likeness (QED) is 0.249. The molecule has 3 saturated heterocycles. The maximum absolute atomic E-state index is 14.5. The molecule has 0 bridgehead atoms. The number of carbonyl (C=O) groups excluding carboxylic acids is 1. The molecule has 0 spiro atoms. The van der Waals surface area contributed by atoms with E-state index in [0.29, 0.717) is 47.1 Å². The Hall–Kier alpha value is -4.47. The highest BCUT2D eigenvalue weighted by molar-refractivity contribution is 6.36. The molecular weight excluding hydrogens is 614 g/mol. The van der Waals surface area contributed by atoms with Crippen molar-refractivity contribution in [3.05, 3.63) is 60.2 Å². The number of hydrogen-bond donors (Lipinski definition) is 0. The molecule has 0 radical (unpaired) electrons. The third kappa shape index (κ3) is 5.37. The summed E-state index contributed by atoms with van der Waals surface area (Å²) in [6.45, 7) is 5.32. The van der Waals surface area contributed by atoms with Crippen molar-refractivity contribution in [3.8, 4) is 23.3 Å². The molecule has 3 aliphatic heterocycles. The van der Waals surface area contributed by atoms with E-state index in [0.717, 1.165) is 35.7 Å². The second-order valence-corrected chi connectivity index (χ2v) is 12.6. The Morgan fingerprint density at radius 2 is 2.02 bits per heavy atom. The zero-order chi connectivity index (χ0) is 32.0. The van der Waals surface area contributed by atoms with Gasteiger partial charge in [-0.15, -0.1) is 0 Å². The summed E-state index contributed by atoms with van der Waals surface area (Å²) in [5.74, 6) is -1.38. The standard InChI is InChI=1S/C33H31ClF2N8O2/c1-20(35)31(45)44-13-12-42(18-23(44)8-10-37)30-24-6-7-27(25-16-38-15-21-4-2-5-26(34)28(21)25)39-29(24)40-32(41-30)46-19-33-9-3-11-43(33)17-22(36)14-33/h2,4-7,15-16,22-23H,1,3,8-9,11-14,17-19H2/t22-,23+,33+/m1/s1. The molecule has 3 aliphatic rings. The van der Waals surface area contributed by atoms with Gasteiger partial charge >= 0.3 is 6.01 Å². The van der Waals surface area contributed by atoms with Crippen LogP contribution in [-0.4, -0.2) is 92.7 Å². The van der Waals surface area contributed by atoms with Crippen LogP contribution in [0.1, 0.15) is 25.7 Å². The molecule has 0 saturated carbocycles. The van der Waals surface area contributed by atoms with Crippen molar-refractivity contribution in [3.63, 3.8) is 0 Å². The summed E-state index contributed by atoms with van der Waals surface area (Å²) in [6.07, 6.45) is 4.76. The van der Waals surface area contributed by atoms with Gasteiger partial charge in [0.1, 0.15) is 18.6 Å². The van der Waals surface area contributed by atoms with Gasteiger partial charge in [-0.1, -0.05) is 30.3 Å². The fraction of sp³-hybridized carbons (Fsp3) is 0.394. The normalized spacial score (nSPS) is 23.1. The minimum Gasteiger partial charge on any atom is -0.461 e. The fourth-order valence-corrected chi connectivity index (χ4v) is 7.50. The van der Waals surface area contributed by atoms with Gasteiger partial charge in [-0.2, -0.15) is 15.2 Å². The zero-order valence-electron chi connectivity index (χ0n) is 25.0. The minimum atomic E-state index is -1.07. The number of alkyl halides is 1. The topological polar surface area (TPSA) is 111 Å². The number of halogens is 3. The van der Waals surface area contributed by atoms with Gasteiger partial charge in [0, 0.05) is 66.4 Å².